The van der Waals surface area contributed by atoms with E-state index in [4.69, 9.17) is 16.1 Å². The van der Waals surface area contributed by atoms with Crippen molar-refractivity contribution in [3.8, 4) is 0 Å². The summed E-state index contributed by atoms with van der Waals surface area (Å²) in [4.78, 5) is 10.6. The Morgan fingerprint density at radius 3 is 2.42 bits per heavy atom. The van der Waals surface area contributed by atoms with Crippen LogP contribution >= 0.6 is 11.6 Å². The van der Waals surface area contributed by atoms with Crippen LogP contribution in [0.3, 0.4) is 0 Å². The van der Waals surface area contributed by atoms with Gasteiger partial charge in [-0.25, -0.2) is 0 Å². The van der Waals surface area contributed by atoms with Crippen LogP contribution in [0.15, 0.2) is 4.52 Å². The summed E-state index contributed by atoms with van der Waals surface area (Å²) < 4.78 is 4.70. The summed E-state index contributed by atoms with van der Waals surface area (Å²) in [6.45, 7) is 5.82. The monoisotopic (exact) mass is 187 g/mol. The molecule has 0 aliphatic carbocycles. The van der Waals surface area contributed by atoms with E-state index in [0.717, 1.165) is 0 Å². The number of carbonyl (C=O) groups excluding carboxylic acids is 1. The van der Waals surface area contributed by atoms with E-state index in [1.54, 1.807) is 0 Å². The molecule has 3 nitrogen and oxygen atoms in total. The van der Waals surface area contributed by atoms with Crippen molar-refractivity contribution >= 4 is 17.9 Å². The highest BCUT2D eigenvalue weighted by Crippen LogP contribution is 2.28. The number of aldehydes is 1. The Balaban J connectivity index is 3.25. The number of hydrogen-bond acceptors (Lipinski definition) is 3. The maximum atomic E-state index is 10.6. The van der Waals surface area contributed by atoms with Crippen molar-refractivity contribution in [2.75, 3.05) is 0 Å². The summed E-state index contributed by atoms with van der Waals surface area (Å²) in [6.07, 6.45) is 0.666. The van der Waals surface area contributed by atoms with Gasteiger partial charge < -0.3 is 4.52 Å². The average Bonchev–Trinajstić information content (AvgIpc) is 2.29. The highest BCUT2D eigenvalue weighted by Gasteiger charge is 2.24. The van der Waals surface area contributed by atoms with Gasteiger partial charge in [-0.1, -0.05) is 25.9 Å². The molecule has 0 aromatic carbocycles. The van der Waals surface area contributed by atoms with Crippen LogP contribution in [0.25, 0.3) is 0 Å². The highest BCUT2D eigenvalue weighted by atomic mass is 35.5. The Kier molecular flexibility index (Phi) is 2.24. The normalized spacial score (nSPS) is 11.7. The minimum Gasteiger partial charge on any atom is -0.343 e. The van der Waals surface area contributed by atoms with Gasteiger partial charge in [-0.2, -0.15) is 0 Å². The van der Waals surface area contributed by atoms with Gasteiger partial charge in [-0.3, -0.25) is 4.79 Å². The first-order chi connectivity index (χ1) is 5.46. The molecule has 66 valence electrons. The molecule has 0 aliphatic heterocycles. The molecule has 1 aromatic rings. The van der Waals surface area contributed by atoms with Gasteiger partial charge in [0.05, 0.1) is 5.56 Å². The standard InChI is InChI=1S/C8H10ClNO2/c1-8(2,3)6-5(4-11)7(9)12-10-6/h4H,1-3H3. The van der Waals surface area contributed by atoms with Crippen molar-refractivity contribution < 1.29 is 9.32 Å². The Bertz CT molecular complexity index is 298. The van der Waals surface area contributed by atoms with Crippen LogP contribution in [0.5, 0.6) is 0 Å². The van der Waals surface area contributed by atoms with Crippen molar-refractivity contribution in [1.29, 1.82) is 0 Å². The first-order valence-corrected chi connectivity index (χ1v) is 3.95. The highest BCUT2D eigenvalue weighted by molar-refractivity contribution is 6.31. The molecule has 0 N–H and O–H groups in total. The van der Waals surface area contributed by atoms with Gasteiger partial charge >= 0.3 is 0 Å². The summed E-state index contributed by atoms with van der Waals surface area (Å²) in [5.41, 5.74) is 0.735. The lowest BCUT2D eigenvalue weighted by Gasteiger charge is -2.14. The predicted molar refractivity (Wildman–Crippen MR) is 45.6 cm³/mol. The number of rotatable bonds is 1. The molecule has 0 saturated heterocycles. The van der Waals surface area contributed by atoms with Crippen molar-refractivity contribution in [3.05, 3.63) is 16.5 Å². The summed E-state index contributed by atoms with van der Waals surface area (Å²) in [5, 5.41) is 3.78. The largest absolute Gasteiger partial charge is 0.343 e. The fraction of sp³-hybridized carbons (Fsp3) is 0.500. The molecule has 0 amide bonds. The van der Waals surface area contributed by atoms with Crippen molar-refractivity contribution in [2.24, 2.45) is 0 Å². The van der Waals surface area contributed by atoms with Gasteiger partial charge in [0.25, 0.3) is 0 Å². The number of aromatic nitrogens is 1. The van der Waals surface area contributed by atoms with E-state index in [0.29, 0.717) is 17.5 Å². The molecule has 0 aliphatic rings. The van der Waals surface area contributed by atoms with E-state index >= 15 is 0 Å². The second-order valence-electron chi connectivity index (χ2n) is 3.59. The number of carbonyl (C=O) groups is 1. The van der Waals surface area contributed by atoms with Crippen LogP contribution in [-0.2, 0) is 5.41 Å². The van der Waals surface area contributed by atoms with Gasteiger partial charge in [0.1, 0.15) is 5.69 Å². The lowest BCUT2D eigenvalue weighted by Crippen LogP contribution is -2.13. The van der Waals surface area contributed by atoms with Crippen LogP contribution in [0.2, 0.25) is 5.22 Å². The molecule has 1 heterocycles. The Labute approximate surface area is 75.7 Å². The first kappa shape index (κ1) is 9.26. The van der Waals surface area contributed by atoms with Crippen LogP contribution < -0.4 is 0 Å². The molecule has 0 radical (unpaired) electrons. The summed E-state index contributed by atoms with van der Waals surface area (Å²) >= 11 is 5.59. The fourth-order valence-electron chi connectivity index (χ4n) is 0.920. The minimum atomic E-state index is -0.215. The fourth-order valence-corrected chi connectivity index (χ4v) is 1.09. The first-order valence-electron chi connectivity index (χ1n) is 3.57. The molecule has 1 aromatic heterocycles. The Morgan fingerprint density at radius 2 is 2.08 bits per heavy atom. The molecule has 0 saturated carbocycles. The van der Waals surface area contributed by atoms with Gasteiger partial charge in [0.15, 0.2) is 6.29 Å². The Hall–Kier alpha value is -0.830. The van der Waals surface area contributed by atoms with Gasteiger partial charge in [0, 0.05) is 5.41 Å². The van der Waals surface area contributed by atoms with Crippen LogP contribution in [-0.4, -0.2) is 11.4 Å². The van der Waals surface area contributed by atoms with Gasteiger partial charge in [0.2, 0.25) is 5.22 Å². The zero-order chi connectivity index (χ0) is 9.35. The second kappa shape index (κ2) is 2.90. The lowest BCUT2D eigenvalue weighted by atomic mass is 9.90. The smallest absolute Gasteiger partial charge is 0.236 e. The van der Waals surface area contributed by atoms with Crippen molar-refractivity contribution in [3.63, 3.8) is 0 Å². The van der Waals surface area contributed by atoms with E-state index < -0.39 is 0 Å². The van der Waals surface area contributed by atoms with Crippen LogP contribution in [0.1, 0.15) is 36.8 Å². The molecule has 0 atom stereocenters. The minimum absolute atomic E-state index is 0.0647. The van der Waals surface area contributed by atoms with E-state index in [9.17, 15) is 4.79 Å². The molecule has 0 bridgehead atoms. The SMILES string of the molecule is CC(C)(C)c1noc(Cl)c1C=O. The molecule has 1 rings (SSSR count). The Morgan fingerprint density at radius 1 is 1.50 bits per heavy atom. The zero-order valence-corrected chi connectivity index (χ0v) is 7.97. The molecule has 4 heteroatoms. The number of hydrogen-bond donors (Lipinski definition) is 0. The summed E-state index contributed by atoms with van der Waals surface area (Å²) in [7, 11) is 0. The van der Waals surface area contributed by atoms with Crippen molar-refractivity contribution in [2.45, 2.75) is 26.2 Å². The summed E-state index contributed by atoms with van der Waals surface area (Å²) in [5.74, 6) is 0. The molecule has 0 unspecified atom stereocenters. The van der Waals surface area contributed by atoms with Gasteiger partial charge in [-0.15, -0.1) is 0 Å². The average molecular weight is 188 g/mol. The van der Waals surface area contributed by atoms with Crippen LogP contribution in [0, 0.1) is 0 Å². The number of nitrogens with zero attached hydrogens (tertiary/aromatic N) is 1. The lowest BCUT2D eigenvalue weighted by molar-refractivity contribution is 0.112. The zero-order valence-electron chi connectivity index (χ0n) is 7.22. The predicted octanol–water partition coefficient (Wildman–Crippen LogP) is 2.44. The maximum Gasteiger partial charge on any atom is 0.236 e. The molecule has 12 heavy (non-hydrogen) atoms. The van der Waals surface area contributed by atoms with E-state index in [2.05, 4.69) is 5.16 Å². The quantitative estimate of drug-likeness (QED) is 0.635. The molecular weight excluding hydrogens is 178 g/mol. The molecule has 0 spiro atoms. The van der Waals surface area contributed by atoms with Crippen molar-refractivity contribution in [1.82, 2.24) is 5.16 Å². The van der Waals surface area contributed by atoms with E-state index in [-0.39, 0.29) is 10.6 Å². The third kappa shape index (κ3) is 1.50. The topological polar surface area (TPSA) is 43.1 Å². The van der Waals surface area contributed by atoms with Gasteiger partial charge in [-0.05, 0) is 11.6 Å². The third-order valence-corrected chi connectivity index (χ3v) is 1.78. The third-order valence-electron chi connectivity index (χ3n) is 1.51. The molecular formula is C8H10ClNO2. The maximum absolute atomic E-state index is 10.6. The van der Waals surface area contributed by atoms with Crippen LogP contribution in [0.4, 0.5) is 0 Å². The summed E-state index contributed by atoms with van der Waals surface area (Å²) in [6, 6.07) is 0. The van der Waals surface area contributed by atoms with E-state index in [1.807, 2.05) is 20.8 Å². The molecule has 0 fully saturated rings. The number of halogens is 1. The second-order valence-corrected chi connectivity index (χ2v) is 3.93. The van der Waals surface area contributed by atoms with E-state index in [1.165, 1.54) is 0 Å².